The van der Waals surface area contributed by atoms with Crippen LogP contribution in [0.3, 0.4) is 0 Å². The highest BCUT2D eigenvalue weighted by Crippen LogP contribution is 2.18. The number of aryl methyl sites for hydroxylation is 4. The number of carbonyl (C=O) groups is 1. The van der Waals surface area contributed by atoms with Crippen molar-refractivity contribution in [3.8, 4) is 0 Å². The minimum Gasteiger partial charge on any atom is -0.292 e. The summed E-state index contributed by atoms with van der Waals surface area (Å²) in [5.41, 5.74) is 6.33. The molecule has 1 heterocycles. The fourth-order valence-corrected chi connectivity index (χ4v) is 2.37. The second-order valence-electron chi connectivity index (χ2n) is 5.20. The van der Waals surface area contributed by atoms with Crippen LogP contribution in [0.1, 0.15) is 38.3 Å². The van der Waals surface area contributed by atoms with Gasteiger partial charge >= 0.3 is 0 Å². The van der Waals surface area contributed by atoms with Crippen LogP contribution in [0.5, 0.6) is 0 Å². The van der Waals surface area contributed by atoms with Crippen LogP contribution < -0.4 is 0 Å². The Morgan fingerprint density at radius 1 is 1.00 bits per heavy atom. The Hall–Kier alpha value is -1.96. The molecule has 0 spiro atoms. The first-order valence-corrected chi connectivity index (χ1v) is 6.50. The summed E-state index contributed by atoms with van der Waals surface area (Å²) in [7, 11) is 0. The van der Waals surface area contributed by atoms with Crippen molar-refractivity contribution in [1.82, 2.24) is 4.98 Å². The van der Waals surface area contributed by atoms with Gasteiger partial charge in [0.05, 0.1) is 0 Å². The van der Waals surface area contributed by atoms with E-state index < -0.39 is 0 Å². The van der Waals surface area contributed by atoms with Crippen LogP contribution in [0.2, 0.25) is 0 Å². The van der Waals surface area contributed by atoms with Crippen molar-refractivity contribution in [2.24, 2.45) is 0 Å². The van der Waals surface area contributed by atoms with Gasteiger partial charge in [-0.3, -0.25) is 9.78 Å². The second-order valence-corrected chi connectivity index (χ2v) is 5.20. The quantitative estimate of drug-likeness (QED) is 0.780. The summed E-state index contributed by atoms with van der Waals surface area (Å²) in [6.07, 6.45) is 2.16. The summed E-state index contributed by atoms with van der Waals surface area (Å²) in [5.74, 6) is 0.0788. The predicted molar refractivity (Wildman–Crippen MR) is 77.7 cm³/mol. The number of carbonyl (C=O) groups excluding carboxylic acids is 1. The number of pyridine rings is 1. The Balaban J connectivity index is 2.26. The van der Waals surface area contributed by atoms with Crippen LogP contribution in [-0.4, -0.2) is 10.8 Å². The number of Topliss-reactive ketones (excluding diaryl/α,β-unsaturated/α-hetero) is 1. The largest absolute Gasteiger partial charge is 0.292 e. The van der Waals surface area contributed by atoms with E-state index in [-0.39, 0.29) is 5.78 Å². The van der Waals surface area contributed by atoms with Crippen LogP contribution in [0.4, 0.5) is 0 Å². The molecule has 2 rings (SSSR count). The lowest BCUT2D eigenvalue weighted by atomic mass is 9.95. The maximum Gasteiger partial charge on any atom is 0.185 e. The minimum absolute atomic E-state index is 0.0788. The van der Waals surface area contributed by atoms with Crippen molar-refractivity contribution in [3.63, 3.8) is 0 Å². The third-order valence-electron chi connectivity index (χ3n) is 3.37. The molecule has 1 aromatic heterocycles. The Morgan fingerprint density at radius 2 is 1.63 bits per heavy atom. The summed E-state index contributed by atoms with van der Waals surface area (Å²) in [6.45, 7) is 8.17. The summed E-state index contributed by atoms with van der Waals surface area (Å²) >= 11 is 0. The third-order valence-corrected chi connectivity index (χ3v) is 3.37. The van der Waals surface area contributed by atoms with Crippen LogP contribution in [0.15, 0.2) is 30.5 Å². The second kappa shape index (κ2) is 5.35. The van der Waals surface area contributed by atoms with Gasteiger partial charge in [0.2, 0.25) is 0 Å². The smallest absolute Gasteiger partial charge is 0.185 e. The zero-order valence-corrected chi connectivity index (χ0v) is 11.9. The Kier molecular flexibility index (Phi) is 3.79. The van der Waals surface area contributed by atoms with E-state index in [0.29, 0.717) is 12.1 Å². The van der Waals surface area contributed by atoms with Gasteiger partial charge in [0.15, 0.2) is 5.78 Å². The van der Waals surface area contributed by atoms with Gasteiger partial charge in [0.25, 0.3) is 0 Å². The first-order valence-electron chi connectivity index (χ1n) is 6.50. The van der Waals surface area contributed by atoms with E-state index in [2.05, 4.69) is 37.9 Å². The van der Waals surface area contributed by atoms with Gasteiger partial charge in [-0.15, -0.1) is 0 Å². The molecule has 19 heavy (non-hydrogen) atoms. The average molecular weight is 253 g/mol. The Morgan fingerprint density at radius 3 is 2.16 bits per heavy atom. The van der Waals surface area contributed by atoms with E-state index in [0.717, 1.165) is 11.1 Å². The van der Waals surface area contributed by atoms with E-state index in [1.807, 2.05) is 13.0 Å². The normalized spacial score (nSPS) is 10.5. The van der Waals surface area contributed by atoms with Gasteiger partial charge in [0.1, 0.15) is 5.69 Å². The van der Waals surface area contributed by atoms with E-state index in [4.69, 9.17) is 0 Å². The van der Waals surface area contributed by atoms with E-state index in [1.165, 1.54) is 16.7 Å². The topological polar surface area (TPSA) is 30.0 Å². The molecule has 0 aliphatic carbocycles. The molecule has 0 aliphatic rings. The molecule has 0 saturated carbocycles. The van der Waals surface area contributed by atoms with Crippen molar-refractivity contribution in [2.75, 3.05) is 0 Å². The van der Waals surface area contributed by atoms with Gasteiger partial charge in [-0.1, -0.05) is 23.8 Å². The molecular formula is C17H19NO. The van der Waals surface area contributed by atoms with Gasteiger partial charge < -0.3 is 0 Å². The zero-order valence-electron chi connectivity index (χ0n) is 11.9. The maximum absolute atomic E-state index is 12.3. The summed E-state index contributed by atoms with van der Waals surface area (Å²) < 4.78 is 0. The fourth-order valence-electron chi connectivity index (χ4n) is 2.37. The van der Waals surface area contributed by atoms with Gasteiger partial charge in [0, 0.05) is 12.6 Å². The lowest BCUT2D eigenvalue weighted by molar-refractivity contribution is 0.0988. The molecule has 1 aromatic carbocycles. The number of hydrogen-bond donors (Lipinski definition) is 0. The molecule has 0 atom stereocenters. The van der Waals surface area contributed by atoms with Gasteiger partial charge in [-0.2, -0.15) is 0 Å². The van der Waals surface area contributed by atoms with Crippen molar-refractivity contribution < 1.29 is 4.79 Å². The lowest BCUT2D eigenvalue weighted by Crippen LogP contribution is -2.08. The average Bonchev–Trinajstić information content (AvgIpc) is 2.34. The first kappa shape index (κ1) is 13.5. The SMILES string of the molecule is Cc1ccc(C(=O)Cc2c(C)cc(C)cc2C)nc1. The van der Waals surface area contributed by atoms with Crippen molar-refractivity contribution in [1.29, 1.82) is 0 Å². The molecule has 0 bridgehead atoms. The molecular weight excluding hydrogens is 234 g/mol. The fraction of sp³-hybridized carbons (Fsp3) is 0.294. The number of benzene rings is 1. The van der Waals surface area contributed by atoms with E-state index in [9.17, 15) is 4.79 Å². The summed E-state index contributed by atoms with van der Waals surface area (Å²) in [5, 5.41) is 0. The minimum atomic E-state index is 0.0788. The molecule has 0 N–H and O–H groups in total. The Bertz CT molecular complexity index is 589. The maximum atomic E-state index is 12.3. The van der Waals surface area contributed by atoms with E-state index in [1.54, 1.807) is 12.3 Å². The molecule has 0 aliphatic heterocycles. The van der Waals surface area contributed by atoms with E-state index >= 15 is 0 Å². The van der Waals surface area contributed by atoms with Crippen LogP contribution >= 0.6 is 0 Å². The number of rotatable bonds is 3. The molecule has 0 unspecified atom stereocenters. The van der Waals surface area contributed by atoms with Crippen molar-refractivity contribution >= 4 is 5.78 Å². The standard InChI is InChI=1S/C17H19NO/c1-11-5-6-16(18-10-11)17(19)9-15-13(3)7-12(2)8-14(15)4/h5-8,10H,9H2,1-4H3. The number of ketones is 1. The summed E-state index contributed by atoms with van der Waals surface area (Å²) in [4.78, 5) is 16.5. The molecule has 0 radical (unpaired) electrons. The molecule has 0 amide bonds. The highest BCUT2D eigenvalue weighted by atomic mass is 16.1. The van der Waals surface area contributed by atoms with Crippen LogP contribution in [-0.2, 0) is 6.42 Å². The van der Waals surface area contributed by atoms with Gasteiger partial charge in [-0.25, -0.2) is 0 Å². The number of hydrogen-bond acceptors (Lipinski definition) is 2. The molecule has 2 nitrogen and oxygen atoms in total. The highest BCUT2D eigenvalue weighted by molar-refractivity contribution is 5.96. The monoisotopic (exact) mass is 253 g/mol. The highest BCUT2D eigenvalue weighted by Gasteiger charge is 2.12. The molecule has 0 fully saturated rings. The number of nitrogens with zero attached hydrogens (tertiary/aromatic N) is 1. The molecule has 98 valence electrons. The summed E-state index contributed by atoms with van der Waals surface area (Å²) in [6, 6.07) is 7.97. The lowest BCUT2D eigenvalue weighted by Gasteiger charge is -2.10. The van der Waals surface area contributed by atoms with Crippen LogP contribution in [0, 0.1) is 27.7 Å². The van der Waals surface area contributed by atoms with Gasteiger partial charge in [-0.05, 0) is 56.0 Å². The third kappa shape index (κ3) is 3.08. The molecule has 0 saturated heterocycles. The first-order chi connectivity index (χ1) is 8.97. The predicted octanol–water partition coefficient (Wildman–Crippen LogP) is 3.74. The Labute approximate surface area is 114 Å². The van der Waals surface area contributed by atoms with Crippen LogP contribution in [0.25, 0.3) is 0 Å². The molecule has 2 heteroatoms. The number of aromatic nitrogens is 1. The molecule has 2 aromatic rings. The van der Waals surface area contributed by atoms with Crippen molar-refractivity contribution in [2.45, 2.75) is 34.1 Å². The zero-order chi connectivity index (χ0) is 14.0. The van der Waals surface area contributed by atoms with Crippen molar-refractivity contribution in [3.05, 3.63) is 64.0 Å².